The zero-order valence-corrected chi connectivity index (χ0v) is 16.9. The Labute approximate surface area is 170 Å². The molecule has 2 aliphatic heterocycles. The Hall–Kier alpha value is -2.86. The molecule has 3 heterocycles. The second-order valence-corrected chi connectivity index (χ2v) is 7.94. The summed E-state index contributed by atoms with van der Waals surface area (Å²) in [5, 5.41) is 9.63. The minimum absolute atomic E-state index is 0.0843. The number of aliphatic hydroxyl groups is 1. The van der Waals surface area contributed by atoms with Crippen molar-refractivity contribution in [3.8, 4) is 0 Å². The summed E-state index contributed by atoms with van der Waals surface area (Å²) >= 11 is 0. The molecular formula is C23H26N2O4. The Morgan fingerprint density at radius 2 is 1.97 bits per heavy atom. The average molecular weight is 394 g/mol. The second kappa shape index (κ2) is 7.87. The number of hydrogen-bond acceptors (Lipinski definition) is 5. The van der Waals surface area contributed by atoms with E-state index in [4.69, 9.17) is 4.42 Å². The number of nitrogens with zero attached hydrogens (tertiary/aromatic N) is 2. The third-order valence-corrected chi connectivity index (χ3v) is 5.93. The zero-order chi connectivity index (χ0) is 20.5. The molecule has 2 aromatic rings. The molecule has 152 valence electrons. The summed E-state index contributed by atoms with van der Waals surface area (Å²) in [5.74, 6) is 0.0903. The summed E-state index contributed by atoms with van der Waals surface area (Å²) in [4.78, 5) is 30.0. The van der Waals surface area contributed by atoms with Crippen LogP contribution < -0.4 is 0 Å². The van der Waals surface area contributed by atoms with Gasteiger partial charge in [-0.1, -0.05) is 18.2 Å². The molecule has 6 heteroatoms. The van der Waals surface area contributed by atoms with Crippen molar-refractivity contribution in [2.24, 2.45) is 5.92 Å². The fourth-order valence-electron chi connectivity index (χ4n) is 4.13. The molecule has 6 nitrogen and oxygen atoms in total. The highest BCUT2D eigenvalue weighted by molar-refractivity contribution is 6.35. The molecule has 1 saturated heterocycles. The minimum Gasteiger partial charge on any atom is -0.467 e. The van der Waals surface area contributed by atoms with Gasteiger partial charge in [-0.3, -0.25) is 14.5 Å². The molecule has 0 spiro atoms. The van der Waals surface area contributed by atoms with E-state index in [2.05, 4.69) is 0 Å². The normalized spacial score (nSPS) is 20.2. The van der Waals surface area contributed by atoms with Crippen LogP contribution in [0, 0.1) is 19.8 Å². The van der Waals surface area contributed by atoms with Crippen LogP contribution in [0.2, 0.25) is 0 Å². The topological polar surface area (TPSA) is 74.0 Å². The highest BCUT2D eigenvalue weighted by atomic mass is 16.3. The number of amides is 2. The van der Waals surface area contributed by atoms with Gasteiger partial charge >= 0.3 is 0 Å². The number of rotatable bonds is 5. The van der Waals surface area contributed by atoms with Crippen LogP contribution >= 0.6 is 0 Å². The molecule has 2 aliphatic rings. The third-order valence-electron chi connectivity index (χ3n) is 5.93. The van der Waals surface area contributed by atoms with Crippen LogP contribution in [-0.4, -0.2) is 46.4 Å². The molecule has 29 heavy (non-hydrogen) atoms. The van der Waals surface area contributed by atoms with Crippen LogP contribution in [0.4, 0.5) is 0 Å². The number of benzene rings is 1. The van der Waals surface area contributed by atoms with Gasteiger partial charge in [-0.25, -0.2) is 0 Å². The van der Waals surface area contributed by atoms with Crippen LogP contribution in [0.15, 0.2) is 46.7 Å². The number of furan rings is 1. The number of carbonyl (C=O) groups excluding carboxylic acids is 2. The number of piperidine rings is 1. The molecule has 0 aliphatic carbocycles. The van der Waals surface area contributed by atoms with Crippen LogP contribution in [0.25, 0.3) is 5.57 Å². The van der Waals surface area contributed by atoms with Gasteiger partial charge in [0.05, 0.1) is 18.4 Å². The molecule has 1 unspecified atom stereocenters. The molecule has 1 fully saturated rings. The monoisotopic (exact) mass is 394 g/mol. The first-order valence-corrected chi connectivity index (χ1v) is 10.1. The molecule has 0 bridgehead atoms. The van der Waals surface area contributed by atoms with Crippen molar-refractivity contribution >= 4 is 17.4 Å². The van der Waals surface area contributed by atoms with Gasteiger partial charge in [0.15, 0.2) is 0 Å². The number of hydrogen-bond donors (Lipinski definition) is 1. The van der Waals surface area contributed by atoms with Gasteiger partial charge < -0.3 is 14.4 Å². The predicted molar refractivity (Wildman–Crippen MR) is 108 cm³/mol. The number of imide groups is 1. The molecule has 1 aromatic carbocycles. The van der Waals surface area contributed by atoms with E-state index in [9.17, 15) is 14.7 Å². The minimum atomic E-state index is -0.296. The zero-order valence-electron chi connectivity index (χ0n) is 16.9. The lowest BCUT2D eigenvalue weighted by molar-refractivity contribution is -0.138. The van der Waals surface area contributed by atoms with Gasteiger partial charge in [0.1, 0.15) is 11.5 Å². The number of aryl methyl sites for hydroxylation is 2. The molecular weight excluding hydrogens is 368 g/mol. The number of aliphatic hydroxyl groups excluding tert-OH is 1. The van der Waals surface area contributed by atoms with Crippen molar-refractivity contribution in [1.29, 1.82) is 0 Å². The fraction of sp³-hybridized carbons (Fsp3) is 0.391. The van der Waals surface area contributed by atoms with E-state index < -0.39 is 0 Å². The number of carbonyl (C=O) groups is 2. The molecule has 0 saturated carbocycles. The van der Waals surface area contributed by atoms with Crippen molar-refractivity contribution in [3.05, 3.63) is 64.7 Å². The highest BCUT2D eigenvalue weighted by Crippen LogP contribution is 2.35. The maximum Gasteiger partial charge on any atom is 0.278 e. The van der Waals surface area contributed by atoms with Crippen molar-refractivity contribution in [2.45, 2.75) is 33.2 Å². The Morgan fingerprint density at radius 3 is 2.66 bits per heavy atom. The van der Waals surface area contributed by atoms with Gasteiger partial charge in [-0.15, -0.1) is 0 Å². The van der Waals surface area contributed by atoms with Gasteiger partial charge in [-0.05, 0) is 61.4 Å². The van der Waals surface area contributed by atoms with Crippen LogP contribution in [0.5, 0.6) is 0 Å². The van der Waals surface area contributed by atoms with Crippen molar-refractivity contribution in [1.82, 2.24) is 9.80 Å². The van der Waals surface area contributed by atoms with E-state index in [0.29, 0.717) is 30.1 Å². The third kappa shape index (κ3) is 3.60. The molecule has 1 atom stereocenters. The van der Waals surface area contributed by atoms with E-state index in [0.717, 1.165) is 29.5 Å². The van der Waals surface area contributed by atoms with Crippen molar-refractivity contribution in [2.75, 3.05) is 19.7 Å². The molecule has 4 rings (SSSR count). The fourth-order valence-corrected chi connectivity index (χ4v) is 4.13. The molecule has 1 aromatic heterocycles. The maximum atomic E-state index is 13.4. The van der Waals surface area contributed by atoms with Gasteiger partial charge in [0, 0.05) is 19.7 Å². The van der Waals surface area contributed by atoms with Crippen LogP contribution in [0.1, 0.15) is 35.3 Å². The summed E-state index contributed by atoms with van der Waals surface area (Å²) < 4.78 is 5.37. The van der Waals surface area contributed by atoms with Gasteiger partial charge in [0.25, 0.3) is 11.8 Å². The van der Waals surface area contributed by atoms with Crippen molar-refractivity contribution < 1.29 is 19.1 Å². The molecule has 1 N–H and O–H groups in total. The van der Waals surface area contributed by atoms with E-state index in [1.54, 1.807) is 12.1 Å². The van der Waals surface area contributed by atoms with E-state index in [1.165, 1.54) is 11.2 Å². The second-order valence-electron chi connectivity index (χ2n) is 7.94. The van der Waals surface area contributed by atoms with Gasteiger partial charge in [-0.2, -0.15) is 0 Å². The van der Waals surface area contributed by atoms with E-state index >= 15 is 0 Å². The maximum absolute atomic E-state index is 13.4. The first-order chi connectivity index (χ1) is 14.0. The van der Waals surface area contributed by atoms with Crippen LogP contribution in [0.3, 0.4) is 0 Å². The Bertz CT molecular complexity index is 961. The Kier molecular flexibility index (Phi) is 5.28. The lowest BCUT2D eigenvalue weighted by Crippen LogP contribution is -2.40. The quantitative estimate of drug-likeness (QED) is 0.790. The highest BCUT2D eigenvalue weighted by Gasteiger charge is 2.42. The Morgan fingerprint density at radius 1 is 1.14 bits per heavy atom. The largest absolute Gasteiger partial charge is 0.467 e. The van der Waals surface area contributed by atoms with E-state index in [1.807, 2.05) is 36.9 Å². The van der Waals surface area contributed by atoms with Gasteiger partial charge in [0.2, 0.25) is 0 Å². The summed E-state index contributed by atoms with van der Waals surface area (Å²) in [6.07, 6.45) is 3.35. The summed E-state index contributed by atoms with van der Waals surface area (Å²) in [5.41, 5.74) is 3.87. The average Bonchev–Trinajstić information content (AvgIpc) is 3.32. The van der Waals surface area contributed by atoms with Crippen LogP contribution in [-0.2, 0) is 16.1 Å². The molecule has 2 amide bonds. The predicted octanol–water partition coefficient (Wildman–Crippen LogP) is 2.88. The van der Waals surface area contributed by atoms with E-state index in [-0.39, 0.29) is 30.9 Å². The summed E-state index contributed by atoms with van der Waals surface area (Å²) in [7, 11) is 0. The Balaban J connectivity index is 1.77. The SMILES string of the molecule is Cc1ccc(C2=C(N3CCCC(CO)C3)C(=O)N(Cc3ccco3)C2=O)cc1C. The number of likely N-dealkylation sites (tertiary alicyclic amines) is 1. The first kappa shape index (κ1) is 19.5. The lowest BCUT2D eigenvalue weighted by Gasteiger charge is -2.34. The van der Waals surface area contributed by atoms with Crippen molar-refractivity contribution in [3.63, 3.8) is 0 Å². The lowest BCUT2D eigenvalue weighted by atomic mass is 9.96. The standard InChI is InChI=1S/C23H26N2O4/c1-15-7-8-18(11-16(15)2)20-21(24-9-3-5-17(12-24)14-26)23(28)25(22(20)27)13-19-6-4-10-29-19/h4,6-8,10-11,17,26H,3,5,9,12-14H2,1-2H3. The summed E-state index contributed by atoms with van der Waals surface area (Å²) in [6.45, 7) is 5.50. The first-order valence-electron chi connectivity index (χ1n) is 10.1. The smallest absolute Gasteiger partial charge is 0.278 e. The molecule has 0 radical (unpaired) electrons. The summed E-state index contributed by atoms with van der Waals surface area (Å²) in [6, 6.07) is 9.37.